The van der Waals surface area contributed by atoms with Gasteiger partial charge in [0.25, 0.3) is 0 Å². The maximum absolute atomic E-state index is 11.1. The highest BCUT2D eigenvalue weighted by Gasteiger charge is 2.11. The fourth-order valence-corrected chi connectivity index (χ4v) is 2.37. The molecule has 19 heavy (non-hydrogen) atoms. The second-order valence-corrected chi connectivity index (χ2v) is 5.21. The molecule has 4 nitrogen and oxygen atoms in total. The van der Waals surface area contributed by atoms with Crippen LogP contribution in [0.2, 0.25) is 0 Å². The Morgan fingerprint density at radius 2 is 2.11 bits per heavy atom. The van der Waals surface area contributed by atoms with E-state index in [-0.39, 0.29) is 6.61 Å². The lowest BCUT2D eigenvalue weighted by Gasteiger charge is -2.10. The van der Waals surface area contributed by atoms with Crippen LogP contribution in [-0.2, 0) is 6.61 Å². The van der Waals surface area contributed by atoms with Crippen molar-refractivity contribution >= 4 is 22.2 Å². The molecule has 0 atom stereocenters. The molecule has 1 aromatic heterocycles. The molecule has 0 aliphatic carbocycles. The number of halogens is 1. The highest BCUT2D eigenvalue weighted by atomic mass is 79.9. The van der Waals surface area contributed by atoms with Gasteiger partial charge in [-0.2, -0.15) is 0 Å². The number of aryl methyl sites for hydroxylation is 3. The Kier molecular flexibility index (Phi) is 4.04. The monoisotopic (exact) mass is 323 g/mol. The van der Waals surface area contributed by atoms with Gasteiger partial charge < -0.3 is 9.15 Å². The summed E-state index contributed by atoms with van der Waals surface area (Å²) in [5.41, 5.74) is 2.24. The number of benzene rings is 1. The number of ether oxygens (including phenoxy) is 1. The molecule has 100 valence electrons. The molecular formula is C14H14BrNO3. The summed E-state index contributed by atoms with van der Waals surface area (Å²) in [6.45, 7) is 5.83. The minimum atomic E-state index is 0.206. The molecule has 2 aromatic rings. The van der Waals surface area contributed by atoms with Gasteiger partial charge in [0, 0.05) is 4.47 Å². The van der Waals surface area contributed by atoms with Gasteiger partial charge in [0.05, 0.1) is 11.3 Å². The van der Waals surface area contributed by atoms with Crippen molar-refractivity contribution in [2.24, 2.45) is 0 Å². The number of aldehydes is 1. The average molecular weight is 324 g/mol. The van der Waals surface area contributed by atoms with Crippen LogP contribution in [0.15, 0.2) is 21.0 Å². The first-order valence-electron chi connectivity index (χ1n) is 5.82. The van der Waals surface area contributed by atoms with Crippen molar-refractivity contribution in [3.63, 3.8) is 0 Å². The summed E-state index contributed by atoms with van der Waals surface area (Å²) >= 11 is 3.35. The summed E-state index contributed by atoms with van der Waals surface area (Å²) in [6, 6.07) is 3.62. The molecule has 5 heteroatoms. The predicted octanol–water partition coefficient (Wildman–Crippen LogP) is 3.75. The van der Waals surface area contributed by atoms with Crippen LogP contribution >= 0.6 is 15.9 Å². The number of carbonyl (C=O) groups excluding carboxylic acids is 1. The Labute approximate surface area is 119 Å². The molecule has 1 heterocycles. The number of hydrogen-bond donors (Lipinski definition) is 0. The molecule has 0 saturated carbocycles. The molecule has 0 aliphatic heterocycles. The number of hydrogen-bond acceptors (Lipinski definition) is 4. The van der Waals surface area contributed by atoms with Crippen molar-refractivity contribution in [1.82, 2.24) is 4.98 Å². The average Bonchev–Trinajstić information content (AvgIpc) is 2.66. The second kappa shape index (κ2) is 5.57. The van der Waals surface area contributed by atoms with E-state index in [0.29, 0.717) is 17.2 Å². The topological polar surface area (TPSA) is 52.3 Å². The third-order valence-electron chi connectivity index (χ3n) is 2.81. The van der Waals surface area contributed by atoms with E-state index in [1.807, 2.05) is 26.8 Å². The van der Waals surface area contributed by atoms with E-state index in [1.165, 1.54) is 0 Å². The van der Waals surface area contributed by atoms with Crippen LogP contribution < -0.4 is 4.74 Å². The summed E-state index contributed by atoms with van der Waals surface area (Å²) in [7, 11) is 0. The first-order valence-corrected chi connectivity index (χ1v) is 6.61. The Bertz CT molecular complexity index is 600. The largest absolute Gasteiger partial charge is 0.483 e. The highest BCUT2D eigenvalue weighted by Crippen LogP contribution is 2.27. The summed E-state index contributed by atoms with van der Waals surface area (Å²) in [6.07, 6.45) is 0.777. The van der Waals surface area contributed by atoms with Gasteiger partial charge in [0.1, 0.15) is 11.5 Å². The Balaban J connectivity index is 2.21. The van der Waals surface area contributed by atoms with E-state index in [1.54, 1.807) is 6.07 Å². The van der Waals surface area contributed by atoms with Crippen molar-refractivity contribution in [2.75, 3.05) is 0 Å². The smallest absolute Gasteiger partial charge is 0.232 e. The van der Waals surface area contributed by atoms with Crippen molar-refractivity contribution in [3.05, 3.63) is 45.1 Å². The summed E-state index contributed by atoms with van der Waals surface area (Å²) in [4.78, 5) is 15.3. The third kappa shape index (κ3) is 3.04. The van der Waals surface area contributed by atoms with Crippen molar-refractivity contribution in [1.29, 1.82) is 0 Å². The Morgan fingerprint density at radius 1 is 1.37 bits per heavy atom. The molecular weight excluding hydrogens is 310 g/mol. The molecule has 0 bridgehead atoms. The fourth-order valence-electron chi connectivity index (χ4n) is 1.78. The lowest BCUT2D eigenvalue weighted by molar-refractivity contribution is 0.111. The normalized spacial score (nSPS) is 10.5. The molecule has 0 fully saturated rings. The molecule has 0 N–H and O–H groups in total. The van der Waals surface area contributed by atoms with Crippen LogP contribution in [0.1, 0.15) is 33.3 Å². The van der Waals surface area contributed by atoms with Gasteiger partial charge in [-0.1, -0.05) is 15.9 Å². The number of nitrogens with zero attached hydrogens (tertiary/aromatic N) is 1. The zero-order chi connectivity index (χ0) is 14.0. The standard InChI is InChI=1S/C14H14BrNO3/c1-8-4-12(15)5-11(6-17)14(8)18-7-13-16-9(2)10(3)19-13/h4-6H,7H2,1-3H3. The molecule has 0 amide bonds. The van der Waals surface area contributed by atoms with E-state index in [9.17, 15) is 4.79 Å². The molecule has 0 saturated heterocycles. The summed E-state index contributed by atoms with van der Waals surface area (Å²) in [5.74, 6) is 1.85. The van der Waals surface area contributed by atoms with E-state index in [2.05, 4.69) is 20.9 Å². The second-order valence-electron chi connectivity index (χ2n) is 4.30. The van der Waals surface area contributed by atoms with Gasteiger partial charge in [-0.15, -0.1) is 0 Å². The minimum Gasteiger partial charge on any atom is -0.483 e. The van der Waals surface area contributed by atoms with Gasteiger partial charge in [-0.05, 0) is 38.5 Å². The number of oxazole rings is 1. The summed E-state index contributed by atoms with van der Waals surface area (Å²) < 4.78 is 11.9. The molecule has 2 rings (SSSR count). The number of carbonyl (C=O) groups is 1. The lowest BCUT2D eigenvalue weighted by Crippen LogP contribution is -2.01. The van der Waals surface area contributed by atoms with Crippen molar-refractivity contribution in [2.45, 2.75) is 27.4 Å². The number of rotatable bonds is 4. The molecule has 0 radical (unpaired) electrons. The Morgan fingerprint density at radius 3 is 2.68 bits per heavy atom. The van der Waals surface area contributed by atoms with Crippen LogP contribution in [0.3, 0.4) is 0 Å². The first kappa shape index (κ1) is 13.8. The number of aromatic nitrogens is 1. The highest BCUT2D eigenvalue weighted by molar-refractivity contribution is 9.10. The molecule has 1 aromatic carbocycles. The van der Waals surface area contributed by atoms with E-state index >= 15 is 0 Å². The van der Waals surface area contributed by atoms with Gasteiger partial charge in [-0.25, -0.2) is 4.98 Å². The quantitative estimate of drug-likeness (QED) is 0.804. The zero-order valence-electron chi connectivity index (χ0n) is 11.0. The van der Waals surface area contributed by atoms with Crippen LogP contribution in [0, 0.1) is 20.8 Å². The van der Waals surface area contributed by atoms with Crippen LogP contribution in [0.25, 0.3) is 0 Å². The zero-order valence-corrected chi connectivity index (χ0v) is 12.6. The van der Waals surface area contributed by atoms with Gasteiger partial charge in [0.2, 0.25) is 5.89 Å². The minimum absolute atomic E-state index is 0.206. The van der Waals surface area contributed by atoms with Gasteiger partial charge in [0.15, 0.2) is 12.9 Å². The Hall–Kier alpha value is -1.62. The van der Waals surface area contributed by atoms with Crippen LogP contribution in [0.5, 0.6) is 5.75 Å². The SMILES string of the molecule is Cc1cc(Br)cc(C=O)c1OCc1nc(C)c(C)o1. The van der Waals surface area contributed by atoms with Crippen molar-refractivity contribution < 1.29 is 13.9 Å². The van der Waals surface area contributed by atoms with Gasteiger partial charge >= 0.3 is 0 Å². The fraction of sp³-hybridized carbons (Fsp3) is 0.286. The van der Waals surface area contributed by atoms with E-state index in [0.717, 1.165) is 27.8 Å². The van der Waals surface area contributed by atoms with Gasteiger partial charge in [-0.3, -0.25) is 4.79 Å². The maximum Gasteiger partial charge on any atom is 0.232 e. The molecule has 0 unspecified atom stereocenters. The lowest BCUT2D eigenvalue weighted by atomic mass is 10.1. The van der Waals surface area contributed by atoms with Crippen LogP contribution in [-0.4, -0.2) is 11.3 Å². The molecule has 0 spiro atoms. The first-order chi connectivity index (χ1) is 9.01. The maximum atomic E-state index is 11.1. The van der Waals surface area contributed by atoms with E-state index < -0.39 is 0 Å². The predicted molar refractivity (Wildman–Crippen MR) is 74.6 cm³/mol. The molecule has 0 aliphatic rings. The summed E-state index contributed by atoms with van der Waals surface area (Å²) in [5, 5.41) is 0. The van der Waals surface area contributed by atoms with E-state index in [4.69, 9.17) is 9.15 Å². The van der Waals surface area contributed by atoms with Crippen LogP contribution in [0.4, 0.5) is 0 Å². The van der Waals surface area contributed by atoms with Crippen molar-refractivity contribution in [3.8, 4) is 5.75 Å². The third-order valence-corrected chi connectivity index (χ3v) is 3.27.